The molecule has 0 saturated carbocycles. The summed E-state index contributed by atoms with van der Waals surface area (Å²) in [5.41, 5.74) is 3.02. The molecule has 4 rings (SSSR count). The minimum Gasteiger partial charge on any atom is -0.497 e. The number of rotatable bonds is 5. The number of aryl methyl sites for hydroxylation is 1. The maximum Gasteiger partial charge on any atom is 0.245 e. The number of sulfonamides is 1. The highest BCUT2D eigenvalue weighted by Crippen LogP contribution is 2.40. The number of hydrogen-bond acceptors (Lipinski definition) is 4. The fraction of sp³-hybridized carbons (Fsp3) is 0.250. The maximum atomic E-state index is 13.3. The maximum absolute atomic E-state index is 13.3. The van der Waals surface area contributed by atoms with Crippen LogP contribution in [-0.2, 0) is 14.8 Å². The molecule has 1 heterocycles. The second-order valence-corrected chi connectivity index (χ2v) is 10.5. The van der Waals surface area contributed by atoms with E-state index in [0.717, 1.165) is 26.9 Å². The SMILES string of the molecule is COc1ccc([C@H]2CN(S(=O)(=O)c3ccc(C)cc3)CO[C@@H]2c2ccc(Br)cc2)cc1. The van der Waals surface area contributed by atoms with E-state index < -0.39 is 10.0 Å². The van der Waals surface area contributed by atoms with Crippen LogP contribution >= 0.6 is 15.9 Å². The van der Waals surface area contributed by atoms with E-state index in [4.69, 9.17) is 9.47 Å². The smallest absolute Gasteiger partial charge is 0.245 e. The fourth-order valence-electron chi connectivity index (χ4n) is 3.79. The van der Waals surface area contributed by atoms with E-state index in [1.807, 2.05) is 67.6 Å². The van der Waals surface area contributed by atoms with Crippen molar-refractivity contribution in [3.05, 3.63) is 94.0 Å². The Kier molecular flexibility index (Phi) is 6.48. The summed E-state index contributed by atoms with van der Waals surface area (Å²) in [4.78, 5) is 0.275. The van der Waals surface area contributed by atoms with E-state index in [2.05, 4.69) is 15.9 Å². The van der Waals surface area contributed by atoms with Crippen LogP contribution in [0.5, 0.6) is 5.75 Å². The van der Waals surface area contributed by atoms with Crippen molar-refractivity contribution in [1.82, 2.24) is 4.31 Å². The van der Waals surface area contributed by atoms with Gasteiger partial charge in [0.2, 0.25) is 10.0 Å². The van der Waals surface area contributed by atoms with Crippen LogP contribution in [0.2, 0.25) is 0 Å². The minimum atomic E-state index is -3.67. The van der Waals surface area contributed by atoms with Crippen LogP contribution in [-0.4, -0.2) is 33.1 Å². The van der Waals surface area contributed by atoms with Gasteiger partial charge in [0.1, 0.15) is 12.5 Å². The highest BCUT2D eigenvalue weighted by atomic mass is 79.9. The summed E-state index contributed by atoms with van der Waals surface area (Å²) in [6, 6.07) is 22.6. The molecule has 1 saturated heterocycles. The van der Waals surface area contributed by atoms with Crippen molar-refractivity contribution in [3.63, 3.8) is 0 Å². The number of hydrogen-bond donors (Lipinski definition) is 0. The molecule has 5 nitrogen and oxygen atoms in total. The standard InChI is InChI=1S/C24H24BrNO4S/c1-17-3-13-22(14-4-17)31(27,28)26-15-23(18-7-11-21(29-2)12-8-18)24(30-16-26)19-5-9-20(25)10-6-19/h3-14,23-24H,15-16H2,1-2H3/t23-,24-/m1/s1. The summed E-state index contributed by atoms with van der Waals surface area (Å²) in [6.45, 7) is 2.26. The molecule has 0 aromatic heterocycles. The molecule has 1 aliphatic rings. The second-order valence-electron chi connectivity index (χ2n) is 7.60. The molecule has 1 fully saturated rings. The van der Waals surface area contributed by atoms with E-state index in [-0.39, 0.29) is 23.6 Å². The first kappa shape index (κ1) is 22.0. The summed E-state index contributed by atoms with van der Waals surface area (Å²) in [7, 11) is -2.04. The molecular formula is C24H24BrNO4S. The van der Waals surface area contributed by atoms with Crippen LogP contribution in [0.1, 0.15) is 28.7 Å². The normalized spacial score (nSPS) is 19.8. The molecule has 2 atom stereocenters. The lowest BCUT2D eigenvalue weighted by Gasteiger charge is -2.38. The first-order valence-corrected chi connectivity index (χ1v) is 12.2. The number of nitrogens with zero attached hydrogens (tertiary/aromatic N) is 1. The third-order valence-corrected chi connectivity index (χ3v) is 7.90. The summed E-state index contributed by atoms with van der Waals surface area (Å²) in [5, 5.41) is 0. The van der Waals surface area contributed by atoms with Gasteiger partial charge in [-0.15, -0.1) is 0 Å². The lowest BCUT2D eigenvalue weighted by Crippen LogP contribution is -2.43. The average Bonchev–Trinajstić information content (AvgIpc) is 2.79. The molecular weight excluding hydrogens is 478 g/mol. The van der Waals surface area contributed by atoms with Crippen molar-refractivity contribution in [2.24, 2.45) is 0 Å². The zero-order chi connectivity index (χ0) is 22.0. The van der Waals surface area contributed by atoms with Gasteiger partial charge in [0.05, 0.1) is 18.1 Å². The monoisotopic (exact) mass is 501 g/mol. The summed E-state index contributed by atoms with van der Waals surface area (Å²) < 4.78 is 40.4. The van der Waals surface area contributed by atoms with Crippen molar-refractivity contribution in [1.29, 1.82) is 0 Å². The van der Waals surface area contributed by atoms with Crippen LogP contribution < -0.4 is 4.74 Å². The molecule has 0 spiro atoms. The molecule has 1 aliphatic heterocycles. The molecule has 3 aromatic rings. The second kappa shape index (κ2) is 9.12. The van der Waals surface area contributed by atoms with Crippen molar-refractivity contribution < 1.29 is 17.9 Å². The Morgan fingerprint density at radius 1 is 0.935 bits per heavy atom. The van der Waals surface area contributed by atoms with Crippen molar-refractivity contribution in [3.8, 4) is 5.75 Å². The Labute approximate surface area is 191 Å². The molecule has 0 unspecified atom stereocenters. The van der Waals surface area contributed by atoms with Gasteiger partial charge < -0.3 is 9.47 Å². The zero-order valence-corrected chi connectivity index (χ0v) is 19.8. The van der Waals surface area contributed by atoms with Gasteiger partial charge in [-0.1, -0.05) is 57.9 Å². The third kappa shape index (κ3) is 4.70. The van der Waals surface area contributed by atoms with Gasteiger partial charge in [0.15, 0.2) is 0 Å². The largest absolute Gasteiger partial charge is 0.497 e. The number of halogens is 1. The number of benzene rings is 3. The van der Waals surface area contributed by atoms with Gasteiger partial charge in [-0.2, -0.15) is 4.31 Å². The number of ether oxygens (including phenoxy) is 2. The van der Waals surface area contributed by atoms with E-state index in [9.17, 15) is 8.42 Å². The summed E-state index contributed by atoms with van der Waals surface area (Å²) in [6.07, 6.45) is -0.258. The van der Waals surface area contributed by atoms with Gasteiger partial charge in [0.25, 0.3) is 0 Å². The molecule has 3 aromatic carbocycles. The molecule has 31 heavy (non-hydrogen) atoms. The van der Waals surface area contributed by atoms with Crippen LogP contribution in [0.15, 0.2) is 82.2 Å². The molecule has 0 N–H and O–H groups in total. The molecule has 0 radical (unpaired) electrons. The van der Waals surface area contributed by atoms with Crippen LogP contribution in [0.4, 0.5) is 0 Å². The Morgan fingerprint density at radius 2 is 1.55 bits per heavy atom. The van der Waals surface area contributed by atoms with Gasteiger partial charge >= 0.3 is 0 Å². The van der Waals surface area contributed by atoms with E-state index in [1.54, 1.807) is 19.2 Å². The molecule has 7 heteroatoms. The van der Waals surface area contributed by atoms with Crippen molar-refractivity contribution in [2.75, 3.05) is 20.4 Å². The van der Waals surface area contributed by atoms with Crippen LogP contribution in [0.3, 0.4) is 0 Å². The predicted molar refractivity (Wildman–Crippen MR) is 124 cm³/mol. The quantitative estimate of drug-likeness (QED) is 0.477. The minimum absolute atomic E-state index is 0.00357. The molecule has 0 bridgehead atoms. The summed E-state index contributed by atoms with van der Waals surface area (Å²) >= 11 is 3.47. The first-order valence-electron chi connectivity index (χ1n) is 9.96. The summed E-state index contributed by atoms with van der Waals surface area (Å²) in [5.74, 6) is 0.589. The Bertz CT molecular complexity index is 1130. The zero-order valence-electron chi connectivity index (χ0n) is 17.4. The molecule has 162 valence electrons. The molecule has 0 amide bonds. The predicted octanol–water partition coefficient (Wildman–Crippen LogP) is 5.27. The van der Waals surface area contributed by atoms with Crippen molar-refractivity contribution >= 4 is 26.0 Å². The Morgan fingerprint density at radius 3 is 2.16 bits per heavy atom. The van der Waals surface area contributed by atoms with Gasteiger partial charge in [-0.05, 0) is 54.4 Å². The number of methoxy groups -OCH3 is 1. The fourth-order valence-corrected chi connectivity index (χ4v) is 5.39. The Hall–Kier alpha value is -2.19. The van der Waals surface area contributed by atoms with Crippen LogP contribution in [0, 0.1) is 6.92 Å². The third-order valence-electron chi connectivity index (χ3n) is 5.57. The van der Waals surface area contributed by atoms with E-state index in [0.29, 0.717) is 6.54 Å². The van der Waals surface area contributed by atoms with E-state index in [1.165, 1.54) is 4.31 Å². The van der Waals surface area contributed by atoms with Crippen LogP contribution in [0.25, 0.3) is 0 Å². The molecule has 0 aliphatic carbocycles. The Balaban J connectivity index is 1.68. The van der Waals surface area contributed by atoms with Gasteiger partial charge in [0, 0.05) is 16.9 Å². The highest BCUT2D eigenvalue weighted by molar-refractivity contribution is 9.10. The van der Waals surface area contributed by atoms with Gasteiger partial charge in [-0.3, -0.25) is 0 Å². The van der Waals surface area contributed by atoms with Gasteiger partial charge in [-0.25, -0.2) is 8.42 Å². The highest BCUT2D eigenvalue weighted by Gasteiger charge is 2.38. The van der Waals surface area contributed by atoms with Crippen molar-refractivity contribution in [2.45, 2.75) is 23.8 Å². The lowest BCUT2D eigenvalue weighted by molar-refractivity contribution is -0.0511. The average molecular weight is 502 g/mol. The lowest BCUT2D eigenvalue weighted by atomic mass is 9.88. The topological polar surface area (TPSA) is 55.8 Å². The van der Waals surface area contributed by atoms with E-state index >= 15 is 0 Å². The first-order chi connectivity index (χ1) is 14.9.